The van der Waals surface area contributed by atoms with Crippen molar-refractivity contribution in [3.8, 4) is 0 Å². The summed E-state index contributed by atoms with van der Waals surface area (Å²) in [4.78, 5) is 26.4. The van der Waals surface area contributed by atoms with Crippen molar-refractivity contribution in [1.82, 2.24) is 4.90 Å². The third-order valence-corrected chi connectivity index (χ3v) is 4.90. The second kappa shape index (κ2) is 7.07. The molecule has 128 valence electrons. The van der Waals surface area contributed by atoms with E-state index in [4.69, 9.17) is 9.47 Å². The Balaban J connectivity index is 1.74. The molecule has 1 aromatic carbocycles. The minimum Gasteiger partial charge on any atom is -0.501 e. The molecule has 0 N–H and O–H groups in total. The molecule has 0 saturated carbocycles. The molecule has 24 heavy (non-hydrogen) atoms. The average molecular weight is 329 g/mol. The van der Waals surface area contributed by atoms with E-state index < -0.39 is 6.09 Å². The van der Waals surface area contributed by atoms with Gasteiger partial charge in [0.1, 0.15) is 6.61 Å². The van der Waals surface area contributed by atoms with E-state index in [-0.39, 0.29) is 30.4 Å². The van der Waals surface area contributed by atoms with Crippen molar-refractivity contribution in [2.75, 3.05) is 13.7 Å². The first-order valence-corrected chi connectivity index (χ1v) is 8.37. The average Bonchev–Trinajstić information content (AvgIpc) is 2.95. The molecule has 1 aliphatic heterocycles. The normalized spacial score (nSPS) is 26.8. The number of carbonyl (C=O) groups excluding carboxylic acids is 2. The topological polar surface area (TPSA) is 55.8 Å². The van der Waals surface area contributed by atoms with Crippen LogP contribution in [0, 0.1) is 11.8 Å². The molecule has 0 bridgehead atoms. The lowest BCUT2D eigenvalue weighted by Gasteiger charge is -2.31. The Morgan fingerprint density at radius 1 is 1.33 bits per heavy atom. The largest absolute Gasteiger partial charge is 0.501 e. The smallest absolute Gasteiger partial charge is 0.416 e. The van der Waals surface area contributed by atoms with Gasteiger partial charge in [-0.3, -0.25) is 4.79 Å². The van der Waals surface area contributed by atoms with Gasteiger partial charge < -0.3 is 9.47 Å². The predicted molar refractivity (Wildman–Crippen MR) is 89.1 cm³/mol. The van der Waals surface area contributed by atoms with Crippen molar-refractivity contribution in [3.63, 3.8) is 0 Å². The first-order chi connectivity index (χ1) is 11.6. The van der Waals surface area contributed by atoms with Gasteiger partial charge in [-0.15, -0.1) is 0 Å². The molecule has 0 spiro atoms. The zero-order valence-electron chi connectivity index (χ0n) is 14.1. The molecule has 3 unspecified atom stereocenters. The summed E-state index contributed by atoms with van der Waals surface area (Å²) in [6.07, 6.45) is 3.38. The summed E-state index contributed by atoms with van der Waals surface area (Å²) < 4.78 is 10.4. The number of hydrogen-bond acceptors (Lipinski definition) is 4. The van der Waals surface area contributed by atoms with Crippen LogP contribution in [0.25, 0.3) is 0 Å². The van der Waals surface area contributed by atoms with Gasteiger partial charge in [0.15, 0.2) is 0 Å². The summed E-state index contributed by atoms with van der Waals surface area (Å²) in [7, 11) is 1.65. The van der Waals surface area contributed by atoms with Gasteiger partial charge >= 0.3 is 6.09 Å². The number of allylic oxidation sites excluding steroid dienone is 2. The summed E-state index contributed by atoms with van der Waals surface area (Å²) in [6, 6.07) is 9.64. The van der Waals surface area contributed by atoms with E-state index in [2.05, 4.69) is 0 Å². The number of cyclic esters (lactones) is 1. The molecule has 1 aliphatic carbocycles. The number of carbonyl (C=O) groups is 2. The molecule has 0 radical (unpaired) electrons. The fourth-order valence-corrected chi connectivity index (χ4v) is 3.49. The van der Waals surface area contributed by atoms with Crippen LogP contribution in [0.4, 0.5) is 4.79 Å². The highest BCUT2D eigenvalue weighted by Gasteiger charge is 2.42. The van der Waals surface area contributed by atoms with Gasteiger partial charge in [-0.2, -0.15) is 0 Å². The lowest BCUT2D eigenvalue weighted by Crippen LogP contribution is -2.45. The predicted octanol–water partition coefficient (Wildman–Crippen LogP) is 3.15. The molecule has 2 amide bonds. The van der Waals surface area contributed by atoms with E-state index in [1.807, 2.05) is 43.3 Å². The van der Waals surface area contributed by atoms with Crippen molar-refractivity contribution >= 4 is 12.0 Å². The minimum atomic E-state index is -0.519. The Hall–Kier alpha value is -2.30. The van der Waals surface area contributed by atoms with Gasteiger partial charge in [-0.05, 0) is 30.4 Å². The van der Waals surface area contributed by atoms with E-state index in [9.17, 15) is 9.59 Å². The number of imide groups is 1. The van der Waals surface area contributed by atoms with Gasteiger partial charge in [-0.25, -0.2) is 9.69 Å². The number of hydrogen-bond donors (Lipinski definition) is 0. The van der Waals surface area contributed by atoms with E-state index in [0.717, 1.165) is 17.7 Å². The number of methoxy groups -OCH3 is 1. The fourth-order valence-electron chi connectivity index (χ4n) is 3.49. The molecular formula is C19H23NO4. The van der Waals surface area contributed by atoms with Gasteiger partial charge in [0.2, 0.25) is 5.91 Å². The van der Waals surface area contributed by atoms with Crippen LogP contribution in [0.3, 0.4) is 0 Å². The molecule has 0 aromatic heterocycles. The van der Waals surface area contributed by atoms with Crippen LogP contribution in [-0.2, 0) is 20.7 Å². The molecule has 5 nitrogen and oxygen atoms in total. The maximum Gasteiger partial charge on any atom is 0.416 e. The lowest BCUT2D eigenvalue weighted by atomic mass is 9.82. The van der Waals surface area contributed by atoms with E-state index >= 15 is 0 Å². The van der Waals surface area contributed by atoms with Crippen LogP contribution in [0.1, 0.15) is 25.3 Å². The Morgan fingerprint density at radius 3 is 2.75 bits per heavy atom. The number of nitrogens with zero attached hydrogens (tertiary/aromatic N) is 1. The Labute approximate surface area is 142 Å². The second-order valence-electron chi connectivity index (χ2n) is 6.53. The van der Waals surface area contributed by atoms with Crippen LogP contribution in [0.5, 0.6) is 0 Å². The standard InChI is InChI=1S/C19H23NO4/c1-13-10-16(23-2)8-9-17(13)18(21)20-15(12-24-19(20)22)11-14-6-4-3-5-7-14/h3-8,13,15,17H,9-12H2,1-2H3. The monoisotopic (exact) mass is 329 g/mol. The summed E-state index contributed by atoms with van der Waals surface area (Å²) in [5.41, 5.74) is 1.09. The van der Waals surface area contributed by atoms with Crippen molar-refractivity contribution in [1.29, 1.82) is 0 Å². The quantitative estimate of drug-likeness (QED) is 0.851. The minimum absolute atomic E-state index is 0.127. The fraction of sp³-hybridized carbons (Fsp3) is 0.474. The zero-order chi connectivity index (χ0) is 17.1. The molecule has 1 heterocycles. The molecule has 3 rings (SSSR count). The van der Waals surface area contributed by atoms with Gasteiger partial charge in [-0.1, -0.05) is 37.3 Å². The SMILES string of the molecule is COC1=CCC(C(=O)N2C(=O)OCC2Cc2ccccc2)C(C)C1. The van der Waals surface area contributed by atoms with Crippen LogP contribution >= 0.6 is 0 Å². The Morgan fingerprint density at radius 2 is 2.08 bits per heavy atom. The van der Waals surface area contributed by atoms with Gasteiger partial charge in [0.25, 0.3) is 0 Å². The van der Waals surface area contributed by atoms with Gasteiger partial charge in [0, 0.05) is 12.3 Å². The molecule has 3 atom stereocenters. The molecule has 2 aliphatic rings. The first kappa shape index (κ1) is 16.6. The summed E-state index contributed by atoms with van der Waals surface area (Å²) in [6.45, 7) is 2.29. The highest BCUT2D eigenvalue weighted by molar-refractivity contribution is 5.95. The third-order valence-electron chi connectivity index (χ3n) is 4.90. The zero-order valence-corrected chi connectivity index (χ0v) is 14.1. The molecule has 1 saturated heterocycles. The maximum absolute atomic E-state index is 13.0. The van der Waals surface area contributed by atoms with Crippen molar-refractivity contribution in [2.24, 2.45) is 11.8 Å². The van der Waals surface area contributed by atoms with Crippen molar-refractivity contribution < 1.29 is 19.1 Å². The van der Waals surface area contributed by atoms with Crippen LogP contribution in [-0.4, -0.2) is 36.7 Å². The molecule has 5 heteroatoms. The summed E-state index contributed by atoms with van der Waals surface area (Å²) in [5, 5.41) is 0. The molecular weight excluding hydrogens is 306 g/mol. The number of ether oxygens (including phenoxy) is 2. The number of amides is 2. The highest BCUT2D eigenvalue weighted by atomic mass is 16.6. The van der Waals surface area contributed by atoms with E-state index in [1.165, 1.54) is 4.90 Å². The first-order valence-electron chi connectivity index (χ1n) is 8.37. The van der Waals surface area contributed by atoms with Crippen molar-refractivity contribution in [2.45, 2.75) is 32.2 Å². The third kappa shape index (κ3) is 3.30. The lowest BCUT2D eigenvalue weighted by molar-refractivity contribution is -0.135. The number of rotatable bonds is 4. The molecule has 1 aromatic rings. The van der Waals surface area contributed by atoms with Crippen LogP contribution in [0.15, 0.2) is 42.2 Å². The maximum atomic E-state index is 13.0. The second-order valence-corrected chi connectivity index (χ2v) is 6.53. The van der Waals surface area contributed by atoms with E-state index in [1.54, 1.807) is 7.11 Å². The van der Waals surface area contributed by atoms with E-state index in [0.29, 0.717) is 12.8 Å². The van der Waals surface area contributed by atoms with Crippen LogP contribution in [0.2, 0.25) is 0 Å². The van der Waals surface area contributed by atoms with Crippen LogP contribution < -0.4 is 0 Å². The summed E-state index contributed by atoms with van der Waals surface area (Å²) >= 11 is 0. The van der Waals surface area contributed by atoms with Gasteiger partial charge in [0.05, 0.1) is 18.9 Å². The Kier molecular flexibility index (Phi) is 4.88. The highest BCUT2D eigenvalue weighted by Crippen LogP contribution is 2.33. The van der Waals surface area contributed by atoms with Crippen molar-refractivity contribution in [3.05, 3.63) is 47.7 Å². The summed E-state index contributed by atoms with van der Waals surface area (Å²) in [5.74, 6) is 0.727. The number of benzene rings is 1. The Bertz CT molecular complexity index is 640. The molecule has 1 fully saturated rings.